The molecule has 128 valence electrons. The van der Waals surface area contributed by atoms with Crippen molar-refractivity contribution >= 4 is 46.5 Å². The van der Waals surface area contributed by atoms with E-state index in [9.17, 15) is 4.79 Å². The molecule has 0 aliphatic rings. The van der Waals surface area contributed by atoms with Crippen molar-refractivity contribution in [2.75, 3.05) is 19.5 Å². The molecular weight excluding hydrogens is 375 g/mol. The van der Waals surface area contributed by atoms with Gasteiger partial charge in [0.1, 0.15) is 12.4 Å². The minimum Gasteiger partial charge on any atom is -0.487 e. The Morgan fingerprint density at radius 2 is 1.88 bits per heavy atom. The minimum atomic E-state index is -0.412. The number of rotatable bonds is 5. The van der Waals surface area contributed by atoms with Gasteiger partial charge in [0.15, 0.2) is 0 Å². The second kappa shape index (κ2) is 8.44. The zero-order valence-corrected chi connectivity index (χ0v) is 15.2. The van der Waals surface area contributed by atoms with E-state index < -0.39 is 6.03 Å². The number of halogens is 3. The molecule has 2 aromatic carbocycles. The van der Waals surface area contributed by atoms with Crippen LogP contribution in [-0.2, 0) is 11.4 Å². The maximum atomic E-state index is 11.7. The average molecular weight is 390 g/mol. The quantitative estimate of drug-likeness (QED) is 0.710. The molecule has 0 bridgehead atoms. The van der Waals surface area contributed by atoms with Gasteiger partial charge in [0.25, 0.3) is 0 Å². The summed E-state index contributed by atoms with van der Waals surface area (Å²) in [6.45, 7) is 0.229. The van der Waals surface area contributed by atoms with Gasteiger partial charge in [-0.15, -0.1) is 0 Å². The summed E-state index contributed by atoms with van der Waals surface area (Å²) in [5.41, 5.74) is 1.29. The fourth-order valence-corrected chi connectivity index (χ4v) is 2.47. The van der Waals surface area contributed by atoms with Gasteiger partial charge in [0.05, 0.1) is 12.1 Å². The molecule has 5 nitrogen and oxygen atoms in total. The molecule has 24 heavy (non-hydrogen) atoms. The van der Waals surface area contributed by atoms with Crippen LogP contribution in [0.25, 0.3) is 0 Å². The maximum Gasteiger partial charge on any atom is 0.345 e. The molecule has 0 unspecified atom stereocenters. The molecule has 0 saturated carbocycles. The van der Waals surface area contributed by atoms with E-state index in [0.717, 1.165) is 10.6 Å². The van der Waals surface area contributed by atoms with Gasteiger partial charge in [0, 0.05) is 28.3 Å². The first kappa shape index (κ1) is 18.7. The first-order valence-corrected chi connectivity index (χ1v) is 7.99. The number of carbonyl (C=O) groups excluding carboxylic acids is 1. The average Bonchev–Trinajstić information content (AvgIpc) is 2.54. The Labute approximate surface area is 155 Å². The maximum absolute atomic E-state index is 11.7. The molecule has 0 saturated heterocycles. The van der Waals surface area contributed by atoms with E-state index in [1.807, 2.05) is 0 Å². The van der Waals surface area contributed by atoms with E-state index in [1.54, 1.807) is 36.4 Å². The molecule has 0 spiro atoms. The molecular formula is C16H15Cl3N2O3. The Morgan fingerprint density at radius 1 is 1.12 bits per heavy atom. The van der Waals surface area contributed by atoms with Crippen LogP contribution < -0.4 is 10.1 Å². The smallest absolute Gasteiger partial charge is 0.345 e. The number of hydroxylamine groups is 2. The van der Waals surface area contributed by atoms with E-state index in [-0.39, 0.29) is 6.61 Å². The number of ether oxygens (including phenoxy) is 1. The molecule has 0 aliphatic carbocycles. The van der Waals surface area contributed by atoms with Crippen LogP contribution in [0.1, 0.15) is 5.56 Å². The Hall–Kier alpha value is -1.66. The number of benzene rings is 2. The van der Waals surface area contributed by atoms with E-state index >= 15 is 0 Å². The molecule has 0 atom stereocenters. The van der Waals surface area contributed by atoms with E-state index in [2.05, 4.69) is 5.32 Å². The van der Waals surface area contributed by atoms with E-state index in [1.165, 1.54) is 14.2 Å². The molecule has 1 N–H and O–H groups in total. The second-order valence-corrected chi connectivity index (χ2v) is 6.03. The van der Waals surface area contributed by atoms with Gasteiger partial charge < -0.3 is 10.1 Å². The Kier molecular flexibility index (Phi) is 6.57. The zero-order chi connectivity index (χ0) is 17.7. The Balaban J connectivity index is 2.03. The molecule has 0 aliphatic heterocycles. The molecule has 2 amide bonds. The highest BCUT2D eigenvalue weighted by atomic mass is 35.5. The molecule has 8 heteroatoms. The van der Waals surface area contributed by atoms with Crippen LogP contribution >= 0.6 is 34.8 Å². The topological polar surface area (TPSA) is 50.8 Å². The van der Waals surface area contributed by atoms with Crippen molar-refractivity contribution in [2.45, 2.75) is 6.61 Å². The van der Waals surface area contributed by atoms with Crippen molar-refractivity contribution in [3.63, 3.8) is 0 Å². The SMILES string of the molecule is CON(C)C(=O)Nc1ccc(COc2ccc(Cl)cc2Cl)c(Cl)c1. The predicted molar refractivity (Wildman–Crippen MR) is 96.0 cm³/mol. The number of nitrogens with zero attached hydrogens (tertiary/aromatic N) is 1. The lowest BCUT2D eigenvalue weighted by molar-refractivity contribution is -0.0598. The lowest BCUT2D eigenvalue weighted by Crippen LogP contribution is -2.30. The summed E-state index contributed by atoms with van der Waals surface area (Å²) in [6, 6.07) is 9.67. The predicted octanol–water partition coefficient (Wildman–Crippen LogP) is 5.25. The van der Waals surface area contributed by atoms with E-state index in [4.69, 9.17) is 44.4 Å². The van der Waals surface area contributed by atoms with Crippen LogP contribution in [0.4, 0.5) is 10.5 Å². The molecule has 2 rings (SSSR count). The normalized spacial score (nSPS) is 10.4. The number of nitrogens with one attached hydrogen (secondary N) is 1. The molecule has 0 fully saturated rings. The summed E-state index contributed by atoms with van der Waals surface area (Å²) in [7, 11) is 2.89. The number of carbonyl (C=O) groups is 1. The van der Waals surface area contributed by atoms with Crippen LogP contribution in [0, 0.1) is 0 Å². The van der Waals surface area contributed by atoms with Gasteiger partial charge in [-0.3, -0.25) is 4.84 Å². The molecule has 0 aromatic heterocycles. The standard InChI is InChI=1S/C16H15Cl3N2O3/c1-21(23-2)16(22)20-12-5-3-10(13(18)8-12)9-24-15-6-4-11(17)7-14(15)19/h3-8H,9H2,1-2H3,(H,20,22). The lowest BCUT2D eigenvalue weighted by atomic mass is 10.2. The van der Waals surface area contributed by atoms with Gasteiger partial charge in [0.2, 0.25) is 0 Å². The molecule has 0 radical (unpaired) electrons. The third-order valence-corrected chi connectivity index (χ3v) is 4.02. The molecule has 2 aromatic rings. The fourth-order valence-electron chi connectivity index (χ4n) is 1.78. The number of hydrogen-bond donors (Lipinski definition) is 1. The summed E-state index contributed by atoms with van der Waals surface area (Å²) in [5.74, 6) is 0.510. The second-order valence-electron chi connectivity index (χ2n) is 4.78. The van der Waals surface area contributed by atoms with Crippen LogP contribution in [0.15, 0.2) is 36.4 Å². The Bertz CT molecular complexity index is 741. The summed E-state index contributed by atoms with van der Waals surface area (Å²) < 4.78 is 5.64. The number of hydrogen-bond acceptors (Lipinski definition) is 3. The van der Waals surface area contributed by atoms with Gasteiger partial charge in [-0.1, -0.05) is 40.9 Å². The van der Waals surface area contributed by atoms with Crippen molar-refractivity contribution in [3.8, 4) is 5.75 Å². The van der Waals surface area contributed by atoms with E-state index in [0.29, 0.717) is 26.5 Å². The van der Waals surface area contributed by atoms with Crippen LogP contribution in [0.2, 0.25) is 15.1 Å². The lowest BCUT2D eigenvalue weighted by Gasteiger charge is -2.15. The van der Waals surface area contributed by atoms with Crippen LogP contribution in [0.3, 0.4) is 0 Å². The highest BCUT2D eigenvalue weighted by Gasteiger charge is 2.10. The zero-order valence-electron chi connectivity index (χ0n) is 13.0. The highest BCUT2D eigenvalue weighted by molar-refractivity contribution is 6.35. The minimum absolute atomic E-state index is 0.229. The Morgan fingerprint density at radius 3 is 2.50 bits per heavy atom. The number of amides is 2. The van der Waals surface area contributed by atoms with Gasteiger partial charge in [-0.2, -0.15) is 0 Å². The van der Waals surface area contributed by atoms with Crippen molar-refractivity contribution in [3.05, 3.63) is 57.0 Å². The molecule has 0 heterocycles. The summed E-state index contributed by atoms with van der Waals surface area (Å²) in [5, 5.41) is 5.13. The monoisotopic (exact) mass is 388 g/mol. The van der Waals surface area contributed by atoms with Gasteiger partial charge >= 0.3 is 6.03 Å². The van der Waals surface area contributed by atoms with Crippen molar-refractivity contribution in [1.82, 2.24) is 5.06 Å². The summed E-state index contributed by atoms with van der Waals surface area (Å²) in [6.07, 6.45) is 0. The van der Waals surface area contributed by atoms with Crippen molar-refractivity contribution in [2.24, 2.45) is 0 Å². The first-order chi connectivity index (χ1) is 11.4. The highest BCUT2D eigenvalue weighted by Crippen LogP contribution is 2.29. The number of anilines is 1. The number of urea groups is 1. The largest absolute Gasteiger partial charge is 0.487 e. The van der Waals surface area contributed by atoms with Gasteiger partial charge in [-0.25, -0.2) is 9.86 Å². The fraction of sp³-hybridized carbons (Fsp3) is 0.188. The third-order valence-electron chi connectivity index (χ3n) is 3.14. The summed E-state index contributed by atoms with van der Waals surface area (Å²) >= 11 is 18.1. The summed E-state index contributed by atoms with van der Waals surface area (Å²) in [4.78, 5) is 16.5. The van der Waals surface area contributed by atoms with Crippen molar-refractivity contribution < 1.29 is 14.4 Å². The third kappa shape index (κ3) is 4.92. The van der Waals surface area contributed by atoms with Crippen molar-refractivity contribution in [1.29, 1.82) is 0 Å². The van der Waals surface area contributed by atoms with Crippen LogP contribution in [-0.4, -0.2) is 25.3 Å². The first-order valence-electron chi connectivity index (χ1n) is 6.86. The van der Waals surface area contributed by atoms with Crippen LogP contribution in [0.5, 0.6) is 5.75 Å². The van der Waals surface area contributed by atoms with Gasteiger partial charge in [-0.05, 0) is 30.3 Å².